The van der Waals surface area contributed by atoms with Gasteiger partial charge in [-0.05, 0) is 93.1 Å². The second-order valence-electron chi connectivity index (χ2n) is 11.0. The van der Waals surface area contributed by atoms with Crippen molar-refractivity contribution in [1.82, 2.24) is 4.90 Å². The zero-order chi connectivity index (χ0) is 29.7. The van der Waals surface area contributed by atoms with Crippen molar-refractivity contribution >= 4 is 23.7 Å². The van der Waals surface area contributed by atoms with Crippen molar-refractivity contribution in [2.75, 3.05) is 20.8 Å². The van der Waals surface area contributed by atoms with Crippen molar-refractivity contribution < 1.29 is 33.6 Å². The Morgan fingerprint density at radius 1 is 1.00 bits per heavy atom. The highest BCUT2D eigenvalue weighted by Gasteiger charge is 2.33. The van der Waals surface area contributed by atoms with Crippen molar-refractivity contribution in [2.45, 2.75) is 57.8 Å². The highest BCUT2D eigenvalue weighted by Crippen LogP contribution is 2.33. The molecule has 3 aromatic carbocycles. The number of benzene rings is 3. The third kappa shape index (κ3) is 7.71. The number of ether oxygens (including phenoxy) is 4. The van der Waals surface area contributed by atoms with Gasteiger partial charge in [0.15, 0.2) is 0 Å². The molecule has 2 atom stereocenters. The molecule has 218 valence electrons. The minimum Gasteiger partial charge on any atom is -0.496 e. The number of methoxy groups -OCH3 is 2. The Bertz CT molecular complexity index is 1380. The first kappa shape index (κ1) is 30.2. The van der Waals surface area contributed by atoms with Gasteiger partial charge in [-0.2, -0.15) is 0 Å². The van der Waals surface area contributed by atoms with Gasteiger partial charge in [-0.25, -0.2) is 9.59 Å². The van der Waals surface area contributed by atoms with E-state index in [-0.39, 0.29) is 12.6 Å². The molecule has 9 heteroatoms. The molecule has 3 aromatic rings. The van der Waals surface area contributed by atoms with Crippen molar-refractivity contribution in [3.05, 3.63) is 87.9 Å². The van der Waals surface area contributed by atoms with Crippen LogP contribution < -0.4 is 9.47 Å². The summed E-state index contributed by atoms with van der Waals surface area (Å²) in [5.41, 5.74) is 2.52. The quantitative estimate of drug-likeness (QED) is 0.294. The first-order chi connectivity index (χ1) is 19.5. The molecule has 0 saturated carbocycles. The van der Waals surface area contributed by atoms with Crippen LogP contribution in [-0.4, -0.2) is 54.5 Å². The molecule has 0 aliphatic heterocycles. The molecule has 41 heavy (non-hydrogen) atoms. The number of nitrogens with zero attached hydrogens (tertiary/aromatic N) is 1. The number of carbonyl (C=O) groups excluding carboxylic acids is 2. The van der Waals surface area contributed by atoms with Crippen LogP contribution in [0, 0.1) is 0 Å². The summed E-state index contributed by atoms with van der Waals surface area (Å²) in [7, 11) is 2.79. The lowest BCUT2D eigenvalue weighted by Crippen LogP contribution is -2.47. The second kappa shape index (κ2) is 12.8. The summed E-state index contributed by atoms with van der Waals surface area (Å²) in [6.45, 7) is 5.56. The Hall–Kier alpha value is -3.75. The van der Waals surface area contributed by atoms with Gasteiger partial charge < -0.3 is 29.0 Å². The smallest absolute Gasteiger partial charge is 0.410 e. The molecule has 0 saturated heterocycles. The van der Waals surface area contributed by atoms with E-state index in [2.05, 4.69) is 0 Å². The molecule has 4 rings (SSSR count). The standard InChI is InChI=1S/C32H36ClNO7/c1-32(2,3)41-31(37)34(19-28(35)21-6-10-23(33)11-7-21)24-12-8-20-9-13-25(17-22(20)16-24)40-26-14-15-27(30(36)39-5)29(18-26)38-4/h6-7,9-11,13-15,17-18,24,28,35H,8,12,16,19H2,1-5H3/t24-,28+/m0/s1. The molecule has 0 unspecified atom stereocenters. The molecule has 8 nitrogen and oxygen atoms in total. The van der Waals surface area contributed by atoms with Gasteiger partial charge in [0.25, 0.3) is 0 Å². The number of aliphatic hydroxyl groups is 1. The SMILES string of the molecule is COC(=O)c1ccc(Oc2ccc3c(c2)C[C@@H](N(C[C@@H](O)c2ccc(Cl)cc2)C(=O)OC(C)(C)C)CC3)cc1OC. The van der Waals surface area contributed by atoms with Crippen LogP contribution in [0.3, 0.4) is 0 Å². The number of rotatable bonds is 8. The Morgan fingerprint density at radius 3 is 2.34 bits per heavy atom. The Morgan fingerprint density at radius 2 is 1.68 bits per heavy atom. The summed E-state index contributed by atoms with van der Waals surface area (Å²) >= 11 is 6.02. The molecule has 0 heterocycles. The van der Waals surface area contributed by atoms with Crippen LogP contribution in [0.5, 0.6) is 17.2 Å². The number of hydrogen-bond acceptors (Lipinski definition) is 7. The molecule has 0 fully saturated rings. The third-order valence-electron chi connectivity index (χ3n) is 6.89. The first-order valence-corrected chi connectivity index (χ1v) is 13.8. The molecular formula is C32H36ClNO7. The molecule has 1 aliphatic rings. The van der Waals surface area contributed by atoms with Gasteiger partial charge in [-0.3, -0.25) is 0 Å². The number of halogens is 1. The van der Waals surface area contributed by atoms with E-state index >= 15 is 0 Å². The summed E-state index contributed by atoms with van der Waals surface area (Å²) in [6.07, 6.45) is 0.691. The van der Waals surface area contributed by atoms with E-state index in [9.17, 15) is 14.7 Å². The fraction of sp³-hybridized carbons (Fsp3) is 0.375. The van der Waals surface area contributed by atoms with Crippen molar-refractivity contribution in [3.8, 4) is 17.2 Å². The molecule has 0 radical (unpaired) electrons. The minimum atomic E-state index is -0.904. The van der Waals surface area contributed by atoms with E-state index in [0.717, 1.165) is 18.4 Å². The fourth-order valence-corrected chi connectivity index (χ4v) is 4.99. The van der Waals surface area contributed by atoms with Gasteiger partial charge in [0, 0.05) is 17.1 Å². The number of aliphatic hydroxyl groups excluding tert-OH is 1. The van der Waals surface area contributed by atoms with E-state index in [1.54, 1.807) is 47.4 Å². The topological polar surface area (TPSA) is 94.5 Å². The van der Waals surface area contributed by atoms with E-state index in [4.69, 9.17) is 30.5 Å². The number of carbonyl (C=O) groups is 2. The van der Waals surface area contributed by atoms with Gasteiger partial charge in [0.05, 0.1) is 26.9 Å². The number of fused-ring (bicyclic) bond motifs is 1. The van der Waals surface area contributed by atoms with Crippen molar-refractivity contribution in [3.63, 3.8) is 0 Å². The highest BCUT2D eigenvalue weighted by atomic mass is 35.5. The average molecular weight is 582 g/mol. The van der Waals surface area contributed by atoms with E-state index in [0.29, 0.717) is 39.8 Å². The predicted molar refractivity (Wildman–Crippen MR) is 156 cm³/mol. The maximum absolute atomic E-state index is 13.4. The number of amides is 1. The third-order valence-corrected chi connectivity index (χ3v) is 7.14. The Balaban J connectivity index is 1.55. The van der Waals surface area contributed by atoms with Crippen LogP contribution >= 0.6 is 11.6 Å². The Kier molecular flexibility index (Phi) is 9.46. The maximum Gasteiger partial charge on any atom is 0.410 e. The normalized spacial score (nSPS) is 15.3. The van der Waals surface area contributed by atoms with Gasteiger partial charge in [-0.15, -0.1) is 0 Å². The molecule has 0 bridgehead atoms. The van der Waals surface area contributed by atoms with Crippen molar-refractivity contribution in [2.24, 2.45) is 0 Å². The molecule has 1 N–H and O–H groups in total. The Labute approximate surface area is 245 Å². The lowest BCUT2D eigenvalue weighted by molar-refractivity contribution is 0.00194. The lowest BCUT2D eigenvalue weighted by atomic mass is 9.87. The van der Waals surface area contributed by atoms with E-state index in [1.165, 1.54) is 19.8 Å². The van der Waals surface area contributed by atoms with Gasteiger partial charge in [0.2, 0.25) is 0 Å². The molecule has 0 aromatic heterocycles. The summed E-state index contributed by atoms with van der Waals surface area (Å²) in [5.74, 6) is 0.967. The number of hydrogen-bond donors (Lipinski definition) is 1. The van der Waals surface area contributed by atoms with Crippen LogP contribution in [0.15, 0.2) is 60.7 Å². The lowest BCUT2D eigenvalue weighted by Gasteiger charge is -2.37. The summed E-state index contributed by atoms with van der Waals surface area (Å²) < 4.78 is 22.0. The summed E-state index contributed by atoms with van der Waals surface area (Å²) in [4.78, 5) is 27.0. The first-order valence-electron chi connectivity index (χ1n) is 13.5. The second-order valence-corrected chi connectivity index (χ2v) is 11.4. The van der Waals surface area contributed by atoms with Gasteiger partial charge in [-0.1, -0.05) is 29.8 Å². The molecule has 0 spiro atoms. The van der Waals surface area contributed by atoms with E-state index in [1.807, 2.05) is 39.0 Å². The van der Waals surface area contributed by atoms with Gasteiger partial charge >= 0.3 is 12.1 Å². The van der Waals surface area contributed by atoms with Crippen LogP contribution in [-0.2, 0) is 22.3 Å². The number of esters is 1. The maximum atomic E-state index is 13.4. The summed E-state index contributed by atoms with van der Waals surface area (Å²) in [5, 5.41) is 11.6. The van der Waals surface area contributed by atoms with Crippen LogP contribution in [0.2, 0.25) is 5.02 Å². The zero-order valence-electron chi connectivity index (χ0n) is 24.0. The zero-order valence-corrected chi connectivity index (χ0v) is 24.7. The average Bonchev–Trinajstić information content (AvgIpc) is 2.94. The number of aryl methyl sites for hydroxylation is 1. The summed E-state index contributed by atoms with van der Waals surface area (Å²) in [6, 6.07) is 17.6. The largest absolute Gasteiger partial charge is 0.496 e. The van der Waals surface area contributed by atoms with Crippen LogP contribution in [0.1, 0.15) is 60.3 Å². The molecule has 1 amide bonds. The molecule has 1 aliphatic carbocycles. The highest BCUT2D eigenvalue weighted by molar-refractivity contribution is 6.30. The predicted octanol–water partition coefficient (Wildman–Crippen LogP) is 6.76. The monoisotopic (exact) mass is 581 g/mol. The van der Waals surface area contributed by atoms with Crippen LogP contribution in [0.4, 0.5) is 4.79 Å². The van der Waals surface area contributed by atoms with Crippen LogP contribution in [0.25, 0.3) is 0 Å². The fourth-order valence-electron chi connectivity index (χ4n) is 4.86. The van der Waals surface area contributed by atoms with Crippen molar-refractivity contribution in [1.29, 1.82) is 0 Å². The molecular weight excluding hydrogens is 546 g/mol. The minimum absolute atomic E-state index is 0.0824. The van der Waals surface area contributed by atoms with E-state index < -0.39 is 23.8 Å². The van der Waals surface area contributed by atoms with Gasteiger partial charge in [0.1, 0.15) is 28.4 Å².